The van der Waals surface area contributed by atoms with Crippen molar-refractivity contribution in [2.45, 2.75) is 26.3 Å². The van der Waals surface area contributed by atoms with Gasteiger partial charge in [0.25, 0.3) is 0 Å². The van der Waals surface area contributed by atoms with E-state index in [2.05, 4.69) is 5.32 Å². The summed E-state index contributed by atoms with van der Waals surface area (Å²) >= 11 is 0. The number of carboxylic acid groups (broad SMARTS) is 1. The average molecular weight is 268 g/mol. The van der Waals surface area contributed by atoms with Crippen molar-refractivity contribution in [2.75, 3.05) is 5.32 Å². The van der Waals surface area contributed by atoms with Gasteiger partial charge in [-0.15, -0.1) is 0 Å². The standard InChI is InChI=1S/C13H14F2N2O2/c1-7(2)3-11(13(18)19)17-12-9(14)4-8(6-16)5-10(12)15/h4-5,7,11,17H,3H2,1-2H3,(H,18,19)/t11-/m1/s1. The second kappa shape index (κ2) is 6.14. The van der Waals surface area contributed by atoms with E-state index in [0.717, 1.165) is 12.1 Å². The molecule has 1 rings (SSSR count). The van der Waals surface area contributed by atoms with Crippen molar-refractivity contribution in [1.29, 1.82) is 5.26 Å². The Kier molecular flexibility index (Phi) is 4.81. The molecule has 1 aromatic carbocycles. The fourth-order valence-electron chi connectivity index (χ4n) is 1.64. The number of carboxylic acids is 1. The molecule has 0 aliphatic carbocycles. The highest BCUT2D eigenvalue weighted by Crippen LogP contribution is 2.22. The molecule has 1 aromatic rings. The van der Waals surface area contributed by atoms with Gasteiger partial charge in [0, 0.05) is 0 Å². The molecule has 2 N–H and O–H groups in total. The van der Waals surface area contributed by atoms with Gasteiger partial charge in [-0.3, -0.25) is 0 Å². The zero-order valence-corrected chi connectivity index (χ0v) is 10.6. The summed E-state index contributed by atoms with van der Waals surface area (Å²) in [6.07, 6.45) is 0.230. The summed E-state index contributed by atoms with van der Waals surface area (Å²) in [4.78, 5) is 11.0. The van der Waals surface area contributed by atoms with Gasteiger partial charge in [0.05, 0.1) is 11.6 Å². The Balaban J connectivity index is 3.03. The van der Waals surface area contributed by atoms with Crippen LogP contribution in [0.2, 0.25) is 0 Å². The number of anilines is 1. The van der Waals surface area contributed by atoms with E-state index in [9.17, 15) is 13.6 Å². The first-order chi connectivity index (χ1) is 8.85. The first kappa shape index (κ1) is 14.9. The summed E-state index contributed by atoms with van der Waals surface area (Å²) in [5.74, 6) is -3.09. The monoisotopic (exact) mass is 268 g/mol. The number of halogens is 2. The molecule has 0 fully saturated rings. The van der Waals surface area contributed by atoms with E-state index in [4.69, 9.17) is 10.4 Å². The van der Waals surface area contributed by atoms with Crippen molar-refractivity contribution in [1.82, 2.24) is 0 Å². The van der Waals surface area contributed by atoms with Crippen LogP contribution in [-0.4, -0.2) is 17.1 Å². The molecule has 102 valence electrons. The molecule has 0 saturated heterocycles. The largest absolute Gasteiger partial charge is 0.480 e. The van der Waals surface area contributed by atoms with Crippen LogP contribution < -0.4 is 5.32 Å². The number of carbonyl (C=O) groups is 1. The number of aliphatic carboxylic acids is 1. The molecule has 0 aliphatic heterocycles. The minimum Gasteiger partial charge on any atom is -0.480 e. The normalized spacial score (nSPS) is 12.0. The molecule has 4 nitrogen and oxygen atoms in total. The molecule has 19 heavy (non-hydrogen) atoms. The quantitative estimate of drug-likeness (QED) is 0.861. The van der Waals surface area contributed by atoms with E-state index in [0.29, 0.717) is 0 Å². The van der Waals surface area contributed by atoms with Crippen LogP contribution in [0.1, 0.15) is 25.8 Å². The van der Waals surface area contributed by atoms with E-state index in [1.165, 1.54) is 0 Å². The van der Waals surface area contributed by atoms with Gasteiger partial charge in [0.15, 0.2) is 11.6 Å². The smallest absolute Gasteiger partial charge is 0.326 e. The van der Waals surface area contributed by atoms with E-state index < -0.39 is 29.3 Å². The van der Waals surface area contributed by atoms with Crippen molar-refractivity contribution >= 4 is 11.7 Å². The number of hydrogen-bond donors (Lipinski definition) is 2. The minimum absolute atomic E-state index is 0.0538. The summed E-state index contributed by atoms with van der Waals surface area (Å²) in [6.45, 7) is 3.62. The van der Waals surface area contributed by atoms with Crippen LogP contribution in [0.15, 0.2) is 12.1 Å². The lowest BCUT2D eigenvalue weighted by molar-refractivity contribution is -0.138. The molecule has 0 aromatic heterocycles. The first-order valence-corrected chi connectivity index (χ1v) is 5.73. The molecule has 0 amide bonds. The maximum absolute atomic E-state index is 13.6. The molecule has 0 unspecified atom stereocenters. The van der Waals surface area contributed by atoms with Crippen molar-refractivity contribution < 1.29 is 18.7 Å². The van der Waals surface area contributed by atoms with Gasteiger partial charge in [-0.05, 0) is 24.5 Å². The van der Waals surface area contributed by atoms with Crippen LogP contribution in [0.5, 0.6) is 0 Å². The van der Waals surface area contributed by atoms with Crippen LogP contribution in [0.25, 0.3) is 0 Å². The summed E-state index contributed by atoms with van der Waals surface area (Å²) in [6, 6.07) is 2.26. The Bertz CT molecular complexity index is 501. The topological polar surface area (TPSA) is 73.1 Å². The molecule has 0 saturated carbocycles. The molecule has 6 heteroatoms. The van der Waals surface area contributed by atoms with Gasteiger partial charge in [-0.25, -0.2) is 13.6 Å². The minimum atomic E-state index is -1.18. The third kappa shape index (κ3) is 3.91. The van der Waals surface area contributed by atoms with Crippen LogP contribution in [0.4, 0.5) is 14.5 Å². The van der Waals surface area contributed by atoms with Gasteiger partial charge >= 0.3 is 5.97 Å². The fourth-order valence-corrected chi connectivity index (χ4v) is 1.64. The zero-order valence-electron chi connectivity index (χ0n) is 10.6. The Morgan fingerprint density at radius 3 is 2.32 bits per heavy atom. The SMILES string of the molecule is CC(C)C[C@@H](Nc1c(F)cc(C#N)cc1F)C(=O)O. The molecule has 0 radical (unpaired) electrons. The van der Waals surface area contributed by atoms with Crippen molar-refractivity contribution in [2.24, 2.45) is 5.92 Å². The van der Waals surface area contributed by atoms with Gasteiger partial charge < -0.3 is 10.4 Å². The number of benzene rings is 1. The molecule has 0 spiro atoms. The van der Waals surface area contributed by atoms with E-state index >= 15 is 0 Å². The maximum Gasteiger partial charge on any atom is 0.326 e. The van der Waals surface area contributed by atoms with Crippen molar-refractivity contribution in [3.63, 3.8) is 0 Å². The predicted octanol–water partition coefficient (Wildman–Crippen LogP) is 2.75. The van der Waals surface area contributed by atoms with Gasteiger partial charge in [-0.2, -0.15) is 5.26 Å². The summed E-state index contributed by atoms with van der Waals surface area (Å²) < 4.78 is 27.2. The number of nitriles is 1. The third-order valence-electron chi connectivity index (χ3n) is 2.49. The average Bonchev–Trinajstić information content (AvgIpc) is 2.31. The second-order valence-electron chi connectivity index (χ2n) is 4.59. The number of nitrogens with zero attached hydrogens (tertiary/aromatic N) is 1. The Labute approximate surface area is 109 Å². The lowest BCUT2D eigenvalue weighted by Gasteiger charge is -2.18. The van der Waals surface area contributed by atoms with Crippen LogP contribution in [0, 0.1) is 28.9 Å². The summed E-state index contributed by atoms with van der Waals surface area (Å²) in [5, 5.41) is 19.9. The Morgan fingerprint density at radius 2 is 1.95 bits per heavy atom. The van der Waals surface area contributed by atoms with E-state index in [1.807, 2.05) is 13.8 Å². The van der Waals surface area contributed by atoms with Crippen LogP contribution in [0.3, 0.4) is 0 Å². The highest BCUT2D eigenvalue weighted by atomic mass is 19.1. The van der Waals surface area contributed by atoms with Crippen molar-refractivity contribution in [3.05, 3.63) is 29.3 Å². The van der Waals surface area contributed by atoms with Gasteiger partial charge in [0.1, 0.15) is 11.7 Å². The molecule has 0 heterocycles. The van der Waals surface area contributed by atoms with Gasteiger partial charge in [-0.1, -0.05) is 13.8 Å². The van der Waals surface area contributed by atoms with Gasteiger partial charge in [0.2, 0.25) is 0 Å². The van der Waals surface area contributed by atoms with Crippen LogP contribution >= 0.6 is 0 Å². The van der Waals surface area contributed by atoms with E-state index in [-0.39, 0.29) is 17.9 Å². The highest BCUT2D eigenvalue weighted by molar-refractivity contribution is 5.77. The lowest BCUT2D eigenvalue weighted by atomic mass is 10.0. The molecule has 1 atom stereocenters. The molecule has 0 bridgehead atoms. The van der Waals surface area contributed by atoms with Crippen molar-refractivity contribution in [3.8, 4) is 6.07 Å². The maximum atomic E-state index is 13.6. The lowest BCUT2D eigenvalue weighted by Crippen LogP contribution is -2.31. The van der Waals surface area contributed by atoms with Crippen LogP contribution in [-0.2, 0) is 4.79 Å². The molecular weight excluding hydrogens is 254 g/mol. The summed E-state index contributed by atoms with van der Waals surface area (Å²) in [5.41, 5.74) is -0.677. The first-order valence-electron chi connectivity index (χ1n) is 5.73. The fraction of sp³-hybridized carbons (Fsp3) is 0.385. The predicted molar refractivity (Wildman–Crippen MR) is 65.6 cm³/mol. The molecule has 0 aliphatic rings. The highest BCUT2D eigenvalue weighted by Gasteiger charge is 2.22. The molecular formula is C13H14F2N2O2. The van der Waals surface area contributed by atoms with E-state index in [1.54, 1.807) is 6.07 Å². The third-order valence-corrected chi connectivity index (χ3v) is 2.49. The Hall–Kier alpha value is -2.16. The number of nitrogens with one attached hydrogen (secondary N) is 1. The second-order valence-corrected chi connectivity index (χ2v) is 4.59. The number of hydrogen-bond acceptors (Lipinski definition) is 3. The summed E-state index contributed by atoms with van der Waals surface area (Å²) in [7, 11) is 0. The zero-order chi connectivity index (χ0) is 14.6. The Morgan fingerprint density at radius 1 is 1.42 bits per heavy atom. The number of rotatable bonds is 5.